The molecule has 0 aliphatic rings. The normalized spacial score (nSPS) is 14.9. The van der Waals surface area contributed by atoms with E-state index >= 15 is 0 Å². The molecule has 0 amide bonds. The largest absolute Gasteiger partial charge is 0.481 e. The van der Waals surface area contributed by atoms with E-state index in [1.165, 1.54) is 0 Å². The van der Waals surface area contributed by atoms with Gasteiger partial charge < -0.3 is 5.11 Å². The molecule has 2 nitrogen and oxygen atoms in total. The lowest BCUT2D eigenvalue weighted by molar-refractivity contribution is -0.141. The van der Waals surface area contributed by atoms with Crippen molar-refractivity contribution in [1.82, 2.24) is 0 Å². The summed E-state index contributed by atoms with van der Waals surface area (Å²) in [6.07, 6.45) is 0. The van der Waals surface area contributed by atoms with Gasteiger partial charge in [-0.05, 0) is 11.5 Å². The van der Waals surface area contributed by atoms with Crippen LogP contribution in [0.15, 0.2) is 30.3 Å². The van der Waals surface area contributed by atoms with Crippen molar-refractivity contribution in [1.29, 1.82) is 0 Å². The Morgan fingerprint density at radius 3 is 2.23 bits per heavy atom. The average molecular weight is 178 g/mol. The quantitative estimate of drug-likeness (QED) is 0.772. The van der Waals surface area contributed by atoms with E-state index in [1.54, 1.807) is 6.92 Å². The first-order valence-electron chi connectivity index (χ1n) is 4.40. The summed E-state index contributed by atoms with van der Waals surface area (Å²) in [5, 5.41) is 8.81. The highest BCUT2D eigenvalue weighted by Crippen LogP contribution is 2.23. The molecule has 0 radical (unpaired) electrons. The summed E-state index contributed by atoms with van der Waals surface area (Å²) in [6.45, 7) is 3.67. The van der Waals surface area contributed by atoms with Gasteiger partial charge in [-0.25, -0.2) is 0 Å². The van der Waals surface area contributed by atoms with Crippen LogP contribution in [0.4, 0.5) is 0 Å². The first kappa shape index (κ1) is 9.78. The highest BCUT2D eigenvalue weighted by atomic mass is 16.4. The monoisotopic (exact) mass is 178 g/mol. The number of benzene rings is 1. The Hall–Kier alpha value is -1.31. The molecule has 1 aromatic carbocycles. The van der Waals surface area contributed by atoms with Crippen LogP contribution in [0.1, 0.15) is 25.3 Å². The molecule has 0 heterocycles. The molecular formula is C11H14O2. The molecule has 0 aromatic heterocycles. The maximum atomic E-state index is 10.7. The predicted molar refractivity (Wildman–Crippen MR) is 51.7 cm³/mol. The third-order valence-electron chi connectivity index (χ3n) is 2.46. The number of carbonyl (C=O) groups is 1. The first-order chi connectivity index (χ1) is 6.13. The van der Waals surface area contributed by atoms with Crippen LogP contribution in [0.25, 0.3) is 0 Å². The molecule has 13 heavy (non-hydrogen) atoms. The average Bonchev–Trinajstić information content (AvgIpc) is 2.17. The molecule has 0 spiro atoms. The summed E-state index contributed by atoms with van der Waals surface area (Å²) >= 11 is 0. The second-order valence-electron chi connectivity index (χ2n) is 3.33. The van der Waals surface area contributed by atoms with E-state index in [9.17, 15) is 4.79 Å². The molecule has 0 saturated carbocycles. The standard InChI is InChI=1S/C11H14O2/c1-8(9(2)11(12)13)10-6-4-3-5-7-10/h3-9H,1-2H3,(H,12,13)/t8-,9-/m1/s1. The van der Waals surface area contributed by atoms with Gasteiger partial charge in [-0.2, -0.15) is 0 Å². The molecule has 0 unspecified atom stereocenters. The number of hydrogen-bond acceptors (Lipinski definition) is 1. The van der Waals surface area contributed by atoms with Crippen LogP contribution < -0.4 is 0 Å². The van der Waals surface area contributed by atoms with Gasteiger partial charge in [0.2, 0.25) is 0 Å². The molecule has 1 aromatic rings. The van der Waals surface area contributed by atoms with E-state index in [-0.39, 0.29) is 11.8 Å². The van der Waals surface area contributed by atoms with E-state index in [0.717, 1.165) is 5.56 Å². The van der Waals surface area contributed by atoms with E-state index in [1.807, 2.05) is 37.3 Å². The van der Waals surface area contributed by atoms with Gasteiger partial charge in [-0.3, -0.25) is 4.79 Å². The van der Waals surface area contributed by atoms with E-state index in [4.69, 9.17) is 5.11 Å². The maximum absolute atomic E-state index is 10.7. The van der Waals surface area contributed by atoms with Crippen LogP contribution in [0, 0.1) is 5.92 Å². The van der Waals surface area contributed by atoms with Crippen LogP contribution in [0.2, 0.25) is 0 Å². The molecule has 0 fully saturated rings. The smallest absolute Gasteiger partial charge is 0.306 e. The van der Waals surface area contributed by atoms with Crippen molar-refractivity contribution in [2.75, 3.05) is 0 Å². The van der Waals surface area contributed by atoms with Crippen molar-refractivity contribution in [2.45, 2.75) is 19.8 Å². The molecule has 70 valence electrons. The summed E-state index contributed by atoms with van der Waals surface area (Å²) in [4.78, 5) is 10.7. The second-order valence-corrected chi connectivity index (χ2v) is 3.33. The van der Waals surface area contributed by atoms with Gasteiger partial charge in [0.1, 0.15) is 0 Å². The molecule has 1 N–H and O–H groups in total. The second kappa shape index (κ2) is 4.08. The Balaban J connectivity index is 2.79. The number of aliphatic carboxylic acids is 1. The zero-order valence-corrected chi connectivity index (χ0v) is 7.90. The lowest BCUT2D eigenvalue weighted by Crippen LogP contribution is -2.16. The third-order valence-corrected chi connectivity index (χ3v) is 2.46. The van der Waals surface area contributed by atoms with E-state index in [2.05, 4.69) is 0 Å². The summed E-state index contributed by atoms with van der Waals surface area (Å²) in [5.74, 6) is -1.00. The number of carboxylic acids is 1. The Morgan fingerprint density at radius 1 is 1.23 bits per heavy atom. The maximum Gasteiger partial charge on any atom is 0.306 e. The molecule has 2 heteroatoms. The summed E-state index contributed by atoms with van der Waals surface area (Å²) in [7, 11) is 0. The molecule has 1 rings (SSSR count). The van der Waals surface area contributed by atoms with Crippen molar-refractivity contribution in [3.8, 4) is 0 Å². The fourth-order valence-corrected chi connectivity index (χ4v) is 1.26. The van der Waals surface area contributed by atoms with Crippen molar-refractivity contribution < 1.29 is 9.90 Å². The first-order valence-corrected chi connectivity index (χ1v) is 4.40. The summed E-state index contributed by atoms with van der Waals surface area (Å²) in [5.41, 5.74) is 1.08. The fraction of sp³-hybridized carbons (Fsp3) is 0.364. The van der Waals surface area contributed by atoms with Crippen LogP contribution in [0.5, 0.6) is 0 Å². The predicted octanol–water partition coefficient (Wildman–Crippen LogP) is 2.51. The molecule has 0 aliphatic carbocycles. The minimum atomic E-state index is -0.739. The number of rotatable bonds is 3. The van der Waals surface area contributed by atoms with E-state index in [0.29, 0.717) is 0 Å². The van der Waals surface area contributed by atoms with Gasteiger partial charge in [0.05, 0.1) is 5.92 Å². The van der Waals surface area contributed by atoms with Gasteiger partial charge >= 0.3 is 5.97 Å². The van der Waals surface area contributed by atoms with Crippen molar-refractivity contribution in [3.63, 3.8) is 0 Å². The van der Waals surface area contributed by atoms with Crippen molar-refractivity contribution in [3.05, 3.63) is 35.9 Å². The van der Waals surface area contributed by atoms with Crippen molar-refractivity contribution >= 4 is 5.97 Å². The molecule has 2 atom stereocenters. The zero-order chi connectivity index (χ0) is 9.84. The molecule has 0 saturated heterocycles. The molecular weight excluding hydrogens is 164 g/mol. The summed E-state index contributed by atoms with van der Waals surface area (Å²) in [6, 6.07) is 9.72. The van der Waals surface area contributed by atoms with Gasteiger partial charge in [0, 0.05) is 0 Å². The zero-order valence-electron chi connectivity index (χ0n) is 7.90. The number of hydrogen-bond donors (Lipinski definition) is 1. The van der Waals surface area contributed by atoms with Crippen LogP contribution >= 0.6 is 0 Å². The third kappa shape index (κ3) is 2.31. The summed E-state index contributed by atoms with van der Waals surface area (Å²) < 4.78 is 0. The van der Waals surface area contributed by atoms with Gasteiger partial charge in [-0.1, -0.05) is 44.2 Å². The van der Waals surface area contributed by atoms with Gasteiger partial charge in [0.25, 0.3) is 0 Å². The minimum absolute atomic E-state index is 0.0682. The minimum Gasteiger partial charge on any atom is -0.481 e. The SMILES string of the molecule is C[C@@H](C(=O)O)[C@@H](C)c1ccccc1. The highest BCUT2D eigenvalue weighted by Gasteiger charge is 2.20. The molecule has 0 aliphatic heterocycles. The topological polar surface area (TPSA) is 37.3 Å². The van der Waals surface area contributed by atoms with Crippen LogP contribution in [-0.2, 0) is 4.79 Å². The number of carboxylic acid groups (broad SMARTS) is 1. The Morgan fingerprint density at radius 2 is 1.77 bits per heavy atom. The van der Waals surface area contributed by atoms with Crippen LogP contribution in [-0.4, -0.2) is 11.1 Å². The van der Waals surface area contributed by atoms with Gasteiger partial charge in [0.15, 0.2) is 0 Å². The molecule has 0 bridgehead atoms. The lowest BCUT2D eigenvalue weighted by Gasteiger charge is -2.15. The Kier molecular flexibility index (Phi) is 3.07. The Labute approximate surface area is 78.2 Å². The Bertz CT molecular complexity index is 279. The lowest BCUT2D eigenvalue weighted by atomic mass is 9.89. The van der Waals surface area contributed by atoms with E-state index < -0.39 is 5.97 Å². The highest BCUT2D eigenvalue weighted by molar-refractivity contribution is 5.70. The fourth-order valence-electron chi connectivity index (χ4n) is 1.26. The van der Waals surface area contributed by atoms with Gasteiger partial charge in [-0.15, -0.1) is 0 Å². The van der Waals surface area contributed by atoms with Crippen LogP contribution in [0.3, 0.4) is 0 Å². The van der Waals surface area contributed by atoms with Crippen molar-refractivity contribution in [2.24, 2.45) is 5.92 Å².